The Hall–Kier alpha value is -2.28. The largest absolute Gasteiger partial charge is 0.456 e. The van der Waals surface area contributed by atoms with Crippen LogP contribution in [-0.2, 0) is 4.74 Å². The van der Waals surface area contributed by atoms with Crippen LogP contribution < -0.4 is 10.4 Å². The highest BCUT2D eigenvalue weighted by Gasteiger charge is 2.25. The molecule has 1 nitrogen and oxygen atoms in total. The molecule has 24 heavy (non-hydrogen) atoms. The summed E-state index contributed by atoms with van der Waals surface area (Å²) in [5.74, 6) is 2.26. The Labute approximate surface area is 146 Å². The van der Waals surface area contributed by atoms with Crippen molar-refractivity contribution in [1.82, 2.24) is 0 Å². The molecular formula is C23H28O. The number of rotatable bonds is 2. The topological polar surface area (TPSA) is 9.23 Å². The number of allylic oxidation sites excluding steroid dienone is 5. The van der Waals surface area contributed by atoms with E-state index < -0.39 is 0 Å². The Bertz CT molecular complexity index is 845. The van der Waals surface area contributed by atoms with Gasteiger partial charge in [-0.3, -0.25) is 0 Å². The van der Waals surface area contributed by atoms with Crippen LogP contribution in [0.2, 0.25) is 0 Å². The second kappa shape index (κ2) is 7.53. The molecule has 0 radical (unpaired) electrons. The summed E-state index contributed by atoms with van der Waals surface area (Å²) in [6.45, 7) is 18.7. The number of ether oxygens (including phenoxy) is 1. The second-order valence-electron chi connectivity index (χ2n) is 6.27. The standard InChI is InChI=1S/C21H22O.C2H6/c1-13(2)16-10-6-7-11-18-17-12-8-9-15(5)19(17)20(14(3)4)22-21(16)18;1-2/h6-10,12-13H,3,5,11H2,1-2,4H3;1-2H3. The van der Waals surface area contributed by atoms with E-state index in [0.717, 1.165) is 33.9 Å². The van der Waals surface area contributed by atoms with Crippen molar-refractivity contribution in [3.63, 3.8) is 0 Å². The number of hydrogen-bond donors (Lipinski definition) is 0. The van der Waals surface area contributed by atoms with Crippen LogP contribution in [0.1, 0.15) is 46.6 Å². The third-order valence-electron chi connectivity index (χ3n) is 4.19. The van der Waals surface area contributed by atoms with Gasteiger partial charge in [0.15, 0.2) is 0 Å². The molecule has 126 valence electrons. The van der Waals surface area contributed by atoms with Gasteiger partial charge in [-0.05, 0) is 41.2 Å². The molecule has 0 atom stereocenters. The summed E-state index contributed by atoms with van der Waals surface area (Å²) in [5.41, 5.74) is 4.65. The third-order valence-corrected chi connectivity index (χ3v) is 4.19. The van der Waals surface area contributed by atoms with Crippen molar-refractivity contribution < 1.29 is 4.74 Å². The van der Waals surface area contributed by atoms with Gasteiger partial charge < -0.3 is 4.74 Å². The Balaban J connectivity index is 0.00000100. The summed E-state index contributed by atoms with van der Waals surface area (Å²) < 4.78 is 6.36. The minimum atomic E-state index is 0.406. The fourth-order valence-corrected chi connectivity index (χ4v) is 3.08. The van der Waals surface area contributed by atoms with Crippen LogP contribution in [-0.4, -0.2) is 0 Å². The first kappa shape index (κ1) is 18.1. The van der Waals surface area contributed by atoms with E-state index in [2.05, 4.69) is 57.4 Å². The fraction of sp³-hybridized carbons (Fsp3) is 0.304. The minimum Gasteiger partial charge on any atom is -0.456 e. The average Bonchev–Trinajstić information content (AvgIpc) is 2.78. The van der Waals surface area contributed by atoms with Gasteiger partial charge in [0.05, 0.1) is 0 Å². The maximum atomic E-state index is 6.36. The summed E-state index contributed by atoms with van der Waals surface area (Å²) >= 11 is 0. The molecule has 1 aromatic carbocycles. The summed E-state index contributed by atoms with van der Waals surface area (Å²) in [5, 5.41) is 2.08. The number of benzene rings is 1. The van der Waals surface area contributed by atoms with Crippen molar-refractivity contribution in [1.29, 1.82) is 0 Å². The third kappa shape index (κ3) is 3.17. The summed E-state index contributed by atoms with van der Waals surface area (Å²) in [6, 6.07) is 6.27. The van der Waals surface area contributed by atoms with Crippen LogP contribution in [0.5, 0.6) is 0 Å². The molecule has 3 rings (SSSR count). The lowest BCUT2D eigenvalue weighted by Crippen LogP contribution is -2.33. The van der Waals surface area contributed by atoms with Crippen LogP contribution >= 0.6 is 0 Å². The lowest BCUT2D eigenvalue weighted by Gasteiger charge is -2.26. The van der Waals surface area contributed by atoms with Crippen molar-refractivity contribution in [2.24, 2.45) is 5.92 Å². The SMILES string of the molecule is C=C(C)C1=c2c(cccc2=C)C2=C(O1)C(C(C)C)=CC=CC2.CC. The van der Waals surface area contributed by atoms with E-state index in [1.165, 1.54) is 16.7 Å². The van der Waals surface area contributed by atoms with E-state index in [1.54, 1.807) is 0 Å². The first-order valence-corrected chi connectivity index (χ1v) is 8.77. The number of fused-ring (bicyclic) bond motifs is 2. The Morgan fingerprint density at radius 3 is 2.54 bits per heavy atom. The molecule has 1 aromatic rings. The van der Waals surface area contributed by atoms with Crippen LogP contribution in [0.3, 0.4) is 0 Å². The lowest BCUT2D eigenvalue weighted by atomic mass is 9.90. The summed E-state index contributed by atoms with van der Waals surface area (Å²) in [6.07, 6.45) is 7.37. The van der Waals surface area contributed by atoms with Gasteiger partial charge in [-0.1, -0.05) is 77.3 Å². The van der Waals surface area contributed by atoms with Gasteiger partial charge in [0.25, 0.3) is 0 Å². The maximum absolute atomic E-state index is 6.36. The zero-order valence-corrected chi connectivity index (χ0v) is 15.6. The van der Waals surface area contributed by atoms with E-state index in [1.807, 2.05) is 26.8 Å². The monoisotopic (exact) mass is 320 g/mol. The molecule has 0 unspecified atom stereocenters. The first-order chi connectivity index (χ1) is 11.5. The molecule has 0 N–H and O–H groups in total. The molecule has 0 fully saturated rings. The van der Waals surface area contributed by atoms with Gasteiger partial charge >= 0.3 is 0 Å². The van der Waals surface area contributed by atoms with Crippen molar-refractivity contribution in [2.75, 3.05) is 0 Å². The van der Waals surface area contributed by atoms with Gasteiger partial charge in [0.2, 0.25) is 0 Å². The van der Waals surface area contributed by atoms with E-state index >= 15 is 0 Å². The van der Waals surface area contributed by atoms with Gasteiger partial charge in [0.1, 0.15) is 11.5 Å². The zero-order chi connectivity index (χ0) is 17.9. The van der Waals surface area contributed by atoms with Gasteiger partial charge in [-0.25, -0.2) is 0 Å². The molecule has 0 saturated carbocycles. The molecule has 0 amide bonds. The Kier molecular flexibility index (Phi) is 5.66. The molecule has 1 aliphatic carbocycles. The van der Waals surface area contributed by atoms with Gasteiger partial charge in [0, 0.05) is 10.8 Å². The minimum absolute atomic E-state index is 0.406. The van der Waals surface area contributed by atoms with Crippen molar-refractivity contribution in [3.05, 3.63) is 75.9 Å². The summed E-state index contributed by atoms with van der Waals surface area (Å²) in [4.78, 5) is 0. The Morgan fingerprint density at radius 2 is 1.92 bits per heavy atom. The predicted octanol–water partition coefficient (Wildman–Crippen LogP) is 5.09. The van der Waals surface area contributed by atoms with E-state index in [0.29, 0.717) is 5.92 Å². The molecule has 0 saturated heterocycles. The smallest absolute Gasteiger partial charge is 0.138 e. The highest BCUT2D eigenvalue weighted by molar-refractivity contribution is 5.80. The second-order valence-corrected chi connectivity index (χ2v) is 6.27. The van der Waals surface area contributed by atoms with Crippen LogP contribution in [0.25, 0.3) is 17.9 Å². The molecule has 2 aliphatic rings. The van der Waals surface area contributed by atoms with Crippen LogP contribution in [0.15, 0.2) is 59.9 Å². The summed E-state index contributed by atoms with van der Waals surface area (Å²) in [7, 11) is 0. The van der Waals surface area contributed by atoms with Crippen LogP contribution in [0, 0.1) is 5.92 Å². The van der Waals surface area contributed by atoms with E-state index in [9.17, 15) is 0 Å². The van der Waals surface area contributed by atoms with Crippen molar-refractivity contribution >= 4 is 17.9 Å². The molecule has 1 heterocycles. The van der Waals surface area contributed by atoms with E-state index in [4.69, 9.17) is 4.74 Å². The molecule has 0 aromatic heterocycles. The van der Waals surface area contributed by atoms with Gasteiger partial charge in [-0.15, -0.1) is 0 Å². The molecule has 1 heteroatoms. The number of hydrogen-bond acceptors (Lipinski definition) is 1. The fourth-order valence-electron chi connectivity index (χ4n) is 3.08. The molecule has 1 aliphatic heterocycles. The zero-order valence-electron chi connectivity index (χ0n) is 15.6. The van der Waals surface area contributed by atoms with Crippen molar-refractivity contribution in [2.45, 2.75) is 41.0 Å². The molecular weight excluding hydrogens is 292 g/mol. The lowest BCUT2D eigenvalue weighted by molar-refractivity contribution is 0.376. The van der Waals surface area contributed by atoms with Crippen LogP contribution in [0.4, 0.5) is 0 Å². The normalized spacial score (nSPS) is 15.6. The highest BCUT2D eigenvalue weighted by atomic mass is 16.5. The highest BCUT2D eigenvalue weighted by Crippen LogP contribution is 2.37. The average molecular weight is 320 g/mol. The first-order valence-electron chi connectivity index (χ1n) is 8.77. The maximum Gasteiger partial charge on any atom is 0.138 e. The van der Waals surface area contributed by atoms with E-state index in [-0.39, 0.29) is 0 Å². The predicted molar refractivity (Wildman–Crippen MR) is 105 cm³/mol. The van der Waals surface area contributed by atoms with Crippen molar-refractivity contribution in [3.8, 4) is 0 Å². The molecule has 0 bridgehead atoms. The quantitative estimate of drug-likeness (QED) is 0.737. The Morgan fingerprint density at radius 1 is 1.21 bits per heavy atom. The van der Waals surface area contributed by atoms with Gasteiger partial charge in [-0.2, -0.15) is 0 Å². The molecule has 0 spiro atoms.